The lowest BCUT2D eigenvalue weighted by Crippen LogP contribution is -2.55. The Kier molecular flexibility index (Phi) is 6.98. The van der Waals surface area contributed by atoms with Crippen molar-refractivity contribution in [3.8, 4) is 0 Å². The van der Waals surface area contributed by atoms with Crippen LogP contribution in [0.15, 0.2) is 30.6 Å². The molecule has 0 radical (unpaired) electrons. The summed E-state index contributed by atoms with van der Waals surface area (Å²) in [7, 11) is 0. The molecule has 1 atom stereocenters. The number of imidazole rings is 1. The van der Waals surface area contributed by atoms with Crippen molar-refractivity contribution in [2.24, 2.45) is 11.7 Å². The van der Waals surface area contributed by atoms with Crippen molar-refractivity contribution in [3.63, 3.8) is 0 Å². The van der Waals surface area contributed by atoms with Gasteiger partial charge in [0.15, 0.2) is 0 Å². The lowest BCUT2D eigenvalue weighted by Gasteiger charge is -2.38. The van der Waals surface area contributed by atoms with Crippen molar-refractivity contribution < 1.29 is 14.4 Å². The van der Waals surface area contributed by atoms with Crippen molar-refractivity contribution in [1.82, 2.24) is 24.3 Å². The minimum atomic E-state index is -0.562. The van der Waals surface area contributed by atoms with Crippen LogP contribution in [0.5, 0.6) is 0 Å². The second-order valence-electron chi connectivity index (χ2n) is 10.4. The van der Waals surface area contributed by atoms with Crippen LogP contribution in [0, 0.1) is 12.8 Å². The van der Waals surface area contributed by atoms with Gasteiger partial charge in [-0.2, -0.15) is 0 Å². The normalized spacial score (nSPS) is 20.8. The van der Waals surface area contributed by atoms with Gasteiger partial charge in [-0.1, -0.05) is 37.1 Å². The molecule has 0 bridgehead atoms. The van der Waals surface area contributed by atoms with Crippen LogP contribution in [0.3, 0.4) is 0 Å². The van der Waals surface area contributed by atoms with E-state index in [1.807, 2.05) is 23.4 Å². The number of nitrogens with two attached hydrogens (primary N) is 1. The molecule has 1 aliphatic carbocycles. The summed E-state index contributed by atoms with van der Waals surface area (Å²) in [6, 6.07) is 7.27. The van der Waals surface area contributed by atoms with Crippen LogP contribution in [0.1, 0.15) is 54.6 Å². The number of carbonyl (C=O) groups is 3. The molecule has 3 heterocycles. The molecule has 9 heteroatoms. The number of aryl methyl sites for hydroxylation is 1. The molecule has 9 nitrogen and oxygen atoms in total. The summed E-state index contributed by atoms with van der Waals surface area (Å²) in [5, 5.41) is 0. The summed E-state index contributed by atoms with van der Waals surface area (Å²) < 4.78 is 2.13. The molecule has 1 saturated heterocycles. The van der Waals surface area contributed by atoms with E-state index in [0.717, 1.165) is 37.1 Å². The third-order valence-electron chi connectivity index (χ3n) is 8.11. The van der Waals surface area contributed by atoms with E-state index in [2.05, 4.69) is 23.6 Å². The van der Waals surface area contributed by atoms with Gasteiger partial charge in [0.1, 0.15) is 6.04 Å². The fraction of sp³-hybridized carbons (Fsp3) is 0.556. The second kappa shape index (κ2) is 10.3. The Bertz CT molecular complexity index is 1140. The molecule has 3 aliphatic rings. The molecule has 2 aliphatic heterocycles. The van der Waals surface area contributed by atoms with Crippen molar-refractivity contribution in [3.05, 3.63) is 53.1 Å². The zero-order chi connectivity index (χ0) is 25.2. The molecular formula is C27H36N6O3. The summed E-state index contributed by atoms with van der Waals surface area (Å²) >= 11 is 0. The van der Waals surface area contributed by atoms with Crippen molar-refractivity contribution in [2.45, 2.75) is 64.6 Å². The van der Waals surface area contributed by atoms with Crippen LogP contribution >= 0.6 is 0 Å². The number of hydrogen-bond donors (Lipinski definition) is 1. The number of primary amides is 1. The van der Waals surface area contributed by atoms with Gasteiger partial charge in [-0.25, -0.2) is 9.78 Å². The fourth-order valence-corrected chi connectivity index (χ4v) is 5.90. The molecule has 192 valence electrons. The molecule has 1 unspecified atom stereocenters. The molecule has 1 aromatic carbocycles. The summed E-state index contributed by atoms with van der Waals surface area (Å²) in [5.41, 5.74) is 9.82. The highest BCUT2D eigenvalue weighted by Crippen LogP contribution is 2.32. The molecule has 2 aromatic rings. The van der Waals surface area contributed by atoms with Crippen LogP contribution in [0.2, 0.25) is 0 Å². The minimum Gasteiger partial charge on any atom is -0.351 e. The molecule has 4 amide bonds. The Morgan fingerprint density at radius 2 is 1.69 bits per heavy atom. The third kappa shape index (κ3) is 4.83. The molecule has 2 N–H and O–H groups in total. The first kappa shape index (κ1) is 24.3. The summed E-state index contributed by atoms with van der Waals surface area (Å²) in [5.74, 6) is 0.0320. The topological polar surface area (TPSA) is 105 Å². The average molecular weight is 493 g/mol. The number of amides is 4. The number of nitrogens with zero attached hydrogens (tertiary/aromatic N) is 5. The number of benzene rings is 1. The van der Waals surface area contributed by atoms with E-state index in [1.54, 1.807) is 9.80 Å². The standard InChI is InChI=1S/C27H36N6O3/c1-19-7-2-3-10-21(19)16-32-18-29-22-15-23(26(35)30-11-6-12-31(14-13-30)27(28)36)33(17-24(22)32)25(34)20-8-4-5-9-20/h2-3,7,10,18,20,23H,4-6,8-9,11-17H2,1H3,(H2,28,36). The summed E-state index contributed by atoms with van der Waals surface area (Å²) in [6.45, 7) is 5.13. The van der Waals surface area contributed by atoms with Crippen LogP contribution < -0.4 is 5.73 Å². The first-order valence-electron chi connectivity index (χ1n) is 13.1. The number of hydrogen-bond acceptors (Lipinski definition) is 4. The Morgan fingerprint density at radius 3 is 2.44 bits per heavy atom. The van der Waals surface area contributed by atoms with Crippen LogP contribution in [0.4, 0.5) is 4.79 Å². The van der Waals surface area contributed by atoms with Gasteiger partial charge in [0.2, 0.25) is 11.8 Å². The van der Waals surface area contributed by atoms with Crippen LogP contribution in [0.25, 0.3) is 0 Å². The highest BCUT2D eigenvalue weighted by Gasteiger charge is 2.41. The quantitative estimate of drug-likeness (QED) is 0.707. The van der Waals surface area contributed by atoms with E-state index in [0.29, 0.717) is 52.1 Å². The molecule has 5 rings (SSSR count). The molecular weight excluding hydrogens is 456 g/mol. The highest BCUT2D eigenvalue weighted by atomic mass is 16.2. The van der Waals surface area contributed by atoms with Crippen molar-refractivity contribution in [2.75, 3.05) is 26.2 Å². The zero-order valence-electron chi connectivity index (χ0n) is 21.1. The maximum absolute atomic E-state index is 13.8. The largest absolute Gasteiger partial charge is 0.351 e. The number of urea groups is 1. The van der Waals surface area contributed by atoms with Crippen molar-refractivity contribution in [1.29, 1.82) is 0 Å². The zero-order valence-corrected chi connectivity index (χ0v) is 21.1. The molecule has 0 spiro atoms. The van der Waals surface area contributed by atoms with Gasteiger partial charge < -0.3 is 25.0 Å². The Hall–Kier alpha value is -3.36. The van der Waals surface area contributed by atoms with Crippen molar-refractivity contribution >= 4 is 17.8 Å². The Morgan fingerprint density at radius 1 is 0.972 bits per heavy atom. The van der Waals surface area contributed by atoms with Gasteiger partial charge in [0, 0.05) is 45.1 Å². The summed E-state index contributed by atoms with van der Waals surface area (Å²) in [4.78, 5) is 49.1. The lowest BCUT2D eigenvalue weighted by molar-refractivity contribution is -0.149. The highest BCUT2D eigenvalue weighted by molar-refractivity contribution is 5.89. The fourth-order valence-electron chi connectivity index (χ4n) is 5.90. The number of rotatable bonds is 4. The SMILES string of the molecule is Cc1ccccc1Cn1cnc2c1CN(C(=O)C1CCCC1)C(C(=O)N1CCCN(C(N)=O)CC1)C2. The maximum Gasteiger partial charge on any atom is 0.314 e. The van der Waals surface area contributed by atoms with Gasteiger partial charge in [-0.15, -0.1) is 0 Å². The predicted molar refractivity (Wildman–Crippen MR) is 135 cm³/mol. The van der Waals surface area contributed by atoms with E-state index in [-0.39, 0.29) is 17.7 Å². The molecule has 2 fully saturated rings. The van der Waals surface area contributed by atoms with Gasteiger partial charge in [-0.05, 0) is 37.3 Å². The number of aromatic nitrogens is 2. The molecule has 1 aromatic heterocycles. The van der Waals surface area contributed by atoms with Gasteiger partial charge in [0.05, 0.1) is 24.3 Å². The maximum atomic E-state index is 13.8. The van der Waals surface area contributed by atoms with Crippen LogP contribution in [-0.2, 0) is 29.1 Å². The third-order valence-corrected chi connectivity index (χ3v) is 8.11. The number of fused-ring (bicyclic) bond motifs is 1. The average Bonchev–Trinajstić information content (AvgIpc) is 3.48. The second-order valence-corrected chi connectivity index (χ2v) is 10.4. The first-order valence-corrected chi connectivity index (χ1v) is 13.1. The first-order chi connectivity index (χ1) is 17.4. The van der Waals surface area contributed by atoms with Gasteiger partial charge >= 0.3 is 6.03 Å². The predicted octanol–water partition coefficient (Wildman–Crippen LogP) is 2.30. The van der Waals surface area contributed by atoms with Crippen LogP contribution in [-0.4, -0.2) is 74.3 Å². The Labute approximate surface area is 212 Å². The van der Waals surface area contributed by atoms with E-state index < -0.39 is 12.1 Å². The lowest BCUT2D eigenvalue weighted by atomic mass is 9.97. The number of carbonyl (C=O) groups excluding carboxylic acids is 3. The van der Waals surface area contributed by atoms with Gasteiger partial charge in [0.25, 0.3) is 0 Å². The molecule has 1 saturated carbocycles. The van der Waals surface area contributed by atoms with E-state index in [9.17, 15) is 14.4 Å². The summed E-state index contributed by atoms with van der Waals surface area (Å²) in [6.07, 6.45) is 6.85. The van der Waals surface area contributed by atoms with E-state index in [1.165, 1.54) is 11.1 Å². The van der Waals surface area contributed by atoms with E-state index >= 15 is 0 Å². The van der Waals surface area contributed by atoms with Gasteiger partial charge in [-0.3, -0.25) is 9.59 Å². The Balaban J connectivity index is 1.41. The monoisotopic (exact) mass is 492 g/mol. The smallest absolute Gasteiger partial charge is 0.314 e. The minimum absolute atomic E-state index is 0.0101. The van der Waals surface area contributed by atoms with E-state index in [4.69, 9.17) is 10.7 Å². The molecule has 36 heavy (non-hydrogen) atoms.